The molecule has 5 nitrogen and oxygen atoms in total. The Labute approximate surface area is 124 Å². The summed E-state index contributed by atoms with van der Waals surface area (Å²) in [6.45, 7) is 5.22. The molecule has 1 aromatic carbocycles. The minimum atomic E-state index is -0.838. The van der Waals surface area contributed by atoms with Crippen LogP contribution >= 0.6 is 0 Å². The topological polar surface area (TPSA) is 61.8 Å². The van der Waals surface area contributed by atoms with Gasteiger partial charge < -0.3 is 14.2 Å². The minimum Gasteiger partial charge on any atom is -0.452 e. The molecule has 0 saturated carbocycles. The van der Waals surface area contributed by atoms with Crippen molar-refractivity contribution < 1.29 is 23.8 Å². The van der Waals surface area contributed by atoms with Gasteiger partial charge in [-0.15, -0.1) is 0 Å². The third-order valence-corrected chi connectivity index (χ3v) is 3.62. The Bertz CT molecular complexity index is 499. The Morgan fingerprint density at radius 1 is 1.19 bits per heavy atom. The molecule has 1 fully saturated rings. The maximum atomic E-state index is 12.2. The van der Waals surface area contributed by atoms with Crippen molar-refractivity contribution in [2.24, 2.45) is 5.92 Å². The summed E-state index contributed by atoms with van der Waals surface area (Å²) in [5.74, 6) is -0.929. The molecule has 1 aliphatic rings. The van der Waals surface area contributed by atoms with Gasteiger partial charge in [0.15, 0.2) is 6.10 Å². The van der Waals surface area contributed by atoms with Gasteiger partial charge in [0.05, 0.1) is 11.7 Å². The Morgan fingerprint density at radius 3 is 2.43 bits per heavy atom. The predicted octanol–water partition coefficient (Wildman–Crippen LogP) is 2.55. The molecule has 0 spiro atoms. The molecule has 0 bridgehead atoms. The average Bonchev–Trinajstić information content (AvgIpc) is 2.76. The van der Waals surface area contributed by atoms with Crippen LogP contribution < -0.4 is 0 Å². The van der Waals surface area contributed by atoms with Gasteiger partial charge in [0.2, 0.25) is 6.29 Å². The number of carbonyl (C=O) groups excluding carboxylic acids is 2. The van der Waals surface area contributed by atoms with Gasteiger partial charge in [-0.2, -0.15) is 0 Å². The summed E-state index contributed by atoms with van der Waals surface area (Å²) in [6.07, 6.45) is -0.761. The fourth-order valence-electron chi connectivity index (χ4n) is 2.49. The molecule has 0 amide bonds. The van der Waals surface area contributed by atoms with E-state index in [1.807, 2.05) is 19.9 Å². The monoisotopic (exact) mass is 292 g/mol. The van der Waals surface area contributed by atoms with E-state index in [-0.39, 0.29) is 12.0 Å². The molecule has 1 aliphatic heterocycles. The molecule has 1 heterocycles. The van der Waals surface area contributed by atoms with Crippen molar-refractivity contribution in [2.45, 2.75) is 45.7 Å². The number of benzene rings is 1. The van der Waals surface area contributed by atoms with Crippen LogP contribution in [0.2, 0.25) is 0 Å². The molecule has 1 aromatic rings. The van der Waals surface area contributed by atoms with Crippen LogP contribution in [0.1, 0.15) is 37.6 Å². The molecular formula is C16H20O5. The summed E-state index contributed by atoms with van der Waals surface area (Å²) in [5, 5.41) is 0. The van der Waals surface area contributed by atoms with Gasteiger partial charge >= 0.3 is 11.9 Å². The highest BCUT2D eigenvalue weighted by Crippen LogP contribution is 2.32. The van der Waals surface area contributed by atoms with Crippen molar-refractivity contribution in [1.29, 1.82) is 0 Å². The zero-order chi connectivity index (χ0) is 15.4. The van der Waals surface area contributed by atoms with Crippen molar-refractivity contribution in [3.05, 3.63) is 35.9 Å². The molecule has 5 heteroatoms. The lowest BCUT2D eigenvalue weighted by Crippen LogP contribution is -2.34. The lowest BCUT2D eigenvalue weighted by molar-refractivity contribution is -0.186. The average molecular weight is 292 g/mol. The second-order valence-corrected chi connectivity index (χ2v) is 5.16. The third kappa shape index (κ3) is 3.61. The molecule has 0 radical (unpaired) electrons. The number of ether oxygens (including phenoxy) is 3. The van der Waals surface area contributed by atoms with E-state index >= 15 is 0 Å². The second kappa shape index (κ2) is 6.72. The maximum absolute atomic E-state index is 12.2. The fraction of sp³-hybridized carbons (Fsp3) is 0.500. The Balaban J connectivity index is 2.11. The molecule has 21 heavy (non-hydrogen) atoms. The van der Waals surface area contributed by atoms with Gasteiger partial charge in [0.25, 0.3) is 0 Å². The largest absolute Gasteiger partial charge is 0.452 e. The van der Waals surface area contributed by atoms with Gasteiger partial charge in [0.1, 0.15) is 0 Å². The van der Waals surface area contributed by atoms with E-state index in [0.717, 1.165) is 6.42 Å². The zero-order valence-electron chi connectivity index (χ0n) is 12.4. The number of rotatable bonds is 4. The standard InChI is InChI=1S/C16H20O5/c1-4-13-10(2)14(16(20-13)19-11(3)17)21-15(18)12-8-6-5-7-9-12/h5-10,13-14,16H,4H2,1-3H3/t10-,13-,14?,16?/m1/s1. The van der Waals surface area contributed by atoms with E-state index in [0.29, 0.717) is 5.56 Å². The van der Waals surface area contributed by atoms with Crippen LogP contribution in [0.4, 0.5) is 0 Å². The van der Waals surface area contributed by atoms with Crippen molar-refractivity contribution in [1.82, 2.24) is 0 Å². The first-order chi connectivity index (χ1) is 10.0. The summed E-state index contributed by atoms with van der Waals surface area (Å²) in [4.78, 5) is 23.3. The number of hydrogen-bond acceptors (Lipinski definition) is 5. The van der Waals surface area contributed by atoms with Gasteiger partial charge in [-0.3, -0.25) is 4.79 Å². The van der Waals surface area contributed by atoms with Gasteiger partial charge in [0, 0.05) is 12.8 Å². The van der Waals surface area contributed by atoms with Crippen LogP contribution in [0.25, 0.3) is 0 Å². The quantitative estimate of drug-likeness (QED) is 0.798. The van der Waals surface area contributed by atoms with E-state index in [4.69, 9.17) is 14.2 Å². The molecule has 0 aromatic heterocycles. The summed E-state index contributed by atoms with van der Waals surface area (Å²) in [6, 6.07) is 8.72. The summed E-state index contributed by atoms with van der Waals surface area (Å²) in [5.41, 5.74) is 0.464. The second-order valence-electron chi connectivity index (χ2n) is 5.16. The SMILES string of the molecule is CC[C@H]1OC(OC(C)=O)C(OC(=O)c2ccccc2)[C@@H]1C. The zero-order valence-corrected chi connectivity index (χ0v) is 12.4. The van der Waals surface area contributed by atoms with Crippen LogP contribution in [0.3, 0.4) is 0 Å². The smallest absolute Gasteiger partial charge is 0.338 e. The van der Waals surface area contributed by atoms with Gasteiger partial charge in [-0.05, 0) is 18.6 Å². The van der Waals surface area contributed by atoms with Crippen molar-refractivity contribution >= 4 is 11.9 Å². The fourth-order valence-corrected chi connectivity index (χ4v) is 2.49. The first kappa shape index (κ1) is 15.5. The molecule has 4 atom stereocenters. The normalized spacial score (nSPS) is 28.1. The minimum absolute atomic E-state index is 0.0352. The lowest BCUT2D eigenvalue weighted by Gasteiger charge is -2.21. The van der Waals surface area contributed by atoms with E-state index in [9.17, 15) is 9.59 Å². The van der Waals surface area contributed by atoms with Crippen molar-refractivity contribution in [2.75, 3.05) is 0 Å². The molecule has 0 aliphatic carbocycles. The van der Waals surface area contributed by atoms with E-state index in [1.54, 1.807) is 24.3 Å². The van der Waals surface area contributed by atoms with E-state index in [2.05, 4.69) is 0 Å². The molecule has 2 rings (SSSR count). The van der Waals surface area contributed by atoms with Gasteiger partial charge in [-0.1, -0.05) is 32.0 Å². The molecule has 2 unspecified atom stereocenters. The molecule has 114 valence electrons. The maximum Gasteiger partial charge on any atom is 0.338 e. The van der Waals surface area contributed by atoms with Crippen LogP contribution in [0.5, 0.6) is 0 Å². The van der Waals surface area contributed by atoms with Crippen molar-refractivity contribution in [3.8, 4) is 0 Å². The van der Waals surface area contributed by atoms with Crippen LogP contribution in [0, 0.1) is 5.92 Å². The Morgan fingerprint density at radius 2 is 1.86 bits per heavy atom. The summed E-state index contributed by atoms with van der Waals surface area (Å²) < 4.78 is 16.3. The Hall–Kier alpha value is -1.88. The molecule has 1 saturated heterocycles. The first-order valence-corrected chi connectivity index (χ1v) is 7.11. The van der Waals surface area contributed by atoms with Crippen molar-refractivity contribution in [3.63, 3.8) is 0 Å². The van der Waals surface area contributed by atoms with E-state index in [1.165, 1.54) is 6.92 Å². The molecule has 0 N–H and O–H groups in total. The first-order valence-electron chi connectivity index (χ1n) is 7.11. The molecular weight excluding hydrogens is 272 g/mol. The van der Waals surface area contributed by atoms with Gasteiger partial charge in [-0.25, -0.2) is 4.79 Å². The summed E-state index contributed by atoms with van der Waals surface area (Å²) in [7, 11) is 0. The lowest BCUT2D eigenvalue weighted by atomic mass is 9.99. The van der Waals surface area contributed by atoms with Crippen LogP contribution in [0.15, 0.2) is 30.3 Å². The number of hydrogen-bond donors (Lipinski definition) is 0. The number of carbonyl (C=O) groups is 2. The highest BCUT2D eigenvalue weighted by atomic mass is 16.7. The summed E-state index contributed by atoms with van der Waals surface area (Å²) >= 11 is 0. The highest BCUT2D eigenvalue weighted by Gasteiger charge is 2.45. The highest BCUT2D eigenvalue weighted by molar-refractivity contribution is 5.89. The van der Waals surface area contributed by atoms with E-state index < -0.39 is 24.3 Å². The number of esters is 2. The Kier molecular flexibility index (Phi) is 4.96. The van der Waals surface area contributed by atoms with Crippen LogP contribution in [-0.2, 0) is 19.0 Å². The van der Waals surface area contributed by atoms with Crippen LogP contribution in [-0.4, -0.2) is 30.4 Å². The predicted molar refractivity (Wildman–Crippen MR) is 75.5 cm³/mol. The third-order valence-electron chi connectivity index (χ3n) is 3.62.